The van der Waals surface area contributed by atoms with Gasteiger partial charge < -0.3 is 11.5 Å². The maximum Gasteiger partial charge on any atom is 0.244 e. The van der Waals surface area contributed by atoms with Crippen LogP contribution in [-0.2, 0) is 14.8 Å². The summed E-state index contributed by atoms with van der Waals surface area (Å²) in [5.74, 6) is -0.922. The predicted octanol–water partition coefficient (Wildman–Crippen LogP) is -0.398. The highest BCUT2D eigenvalue weighted by Gasteiger charge is 2.32. The smallest absolute Gasteiger partial charge is 0.244 e. The molecular formula is C12H16N4O3S2. The van der Waals surface area contributed by atoms with Crippen molar-refractivity contribution in [1.82, 2.24) is 9.29 Å². The summed E-state index contributed by atoms with van der Waals surface area (Å²) in [5.41, 5.74) is 11.0. The van der Waals surface area contributed by atoms with Crippen LogP contribution < -0.4 is 11.5 Å². The molecule has 1 atom stereocenters. The molecule has 1 saturated heterocycles. The fraction of sp³-hybridized carbons (Fsp3) is 0.417. The monoisotopic (exact) mass is 328 g/mol. The van der Waals surface area contributed by atoms with Gasteiger partial charge in [0.05, 0.1) is 11.6 Å². The Morgan fingerprint density at radius 1 is 1.38 bits per heavy atom. The first-order chi connectivity index (χ1) is 9.82. The average molecular weight is 328 g/mol. The number of nitrogens with zero attached hydrogens (tertiary/aromatic N) is 2. The zero-order valence-electron chi connectivity index (χ0n) is 11.2. The van der Waals surface area contributed by atoms with Crippen molar-refractivity contribution in [1.29, 1.82) is 0 Å². The van der Waals surface area contributed by atoms with Crippen LogP contribution in [0.1, 0.15) is 18.5 Å². The molecule has 1 amide bonds. The highest BCUT2D eigenvalue weighted by atomic mass is 32.2. The molecule has 1 aliphatic heterocycles. The lowest BCUT2D eigenvalue weighted by atomic mass is 9.99. The maximum absolute atomic E-state index is 12.5. The lowest BCUT2D eigenvalue weighted by Crippen LogP contribution is -2.44. The number of hydrogen-bond donors (Lipinski definition) is 2. The Labute approximate surface area is 128 Å². The minimum Gasteiger partial charge on any atom is -0.388 e. The summed E-state index contributed by atoms with van der Waals surface area (Å²) in [6.45, 7) is 0.470. The van der Waals surface area contributed by atoms with Gasteiger partial charge in [-0.05, 0) is 25.0 Å². The quantitative estimate of drug-likeness (QED) is 0.726. The number of carbonyl (C=O) groups is 1. The molecule has 114 valence electrons. The fourth-order valence-electron chi connectivity index (χ4n) is 2.22. The van der Waals surface area contributed by atoms with Crippen molar-refractivity contribution in [2.75, 3.05) is 13.1 Å². The number of hydrogen-bond acceptors (Lipinski definition) is 5. The first-order valence-electron chi connectivity index (χ1n) is 6.37. The Hall–Kier alpha value is -1.58. The standard InChI is InChI=1S/C12H16N4O3S2/c13-11(17)8-2-1-5-16(7-8)21(18,19)9-3-4-10(12(14)20)15-6-9/h3-4,6,8H,1-2,5,7H2,(H2,13,17)(H2,14,20). The van der Waals surface area contributed by atoms with Crippen LogP contribution >= 0.6 is 12.2 Å². The van der Waals surface area contributed by atoms with Crippen LogP contribution in [0.2, 0.25) is 0 Å². The third kappa shape index (κ3) is 3.36. The lowest BCUT2D eigenvalue weighted by molar-refractivity contribution is -0.122. The van der Waals surface area contributed by atoms with E-state index >= 15 is 0 Å². The van der Waals surface area contributed by atoms with Crippen molar-refractivity contribution in [2.24, 2.45) is 17.4 Å². The van der Waals surface area contributed by atoms with Gasteiger partial charge in [-0.2, -0.15) is 4.31 Å². The Morgan fingerprint density at radius 2 is 2.10 bits per heavy atom. The second kappa shape index (κ2) is 6.04. The predicted molar refractivity (Wildman–Crippen MR) is 80.8 cm³/mol. The van der Waals surface area contributed by atoms with Gasteiger partial charge in [0.15, 0.2) is 0 Å². The SMILES string of the molecule is NC(=O)C1CCCN(S(=O)(=O)c2ccc(C(N)=S)nc2)C1. The number of thiocarbonyl (C=S) groups is 1. The summed E-state index contributed by atoms with van der Waals surface area (Å²) < 4.78 is 26.3. The van der Waals surface area contributed by atoms with Gasteiger partial charge in [0.25, 0.3) is 0 Å². The fourth-order valence-corrected chi connectivity index (χ4v) is 3.81. The molecule has 2 rings (SSSR count). The van der Waals surface area contributed by atoms with Gasteiger partial charge in [0.1, 0.15) is 9.88 Å². The second-order valence-corrected chi connectivity index (χ2v) is 7.23. The van der Waals surface area contributed by atoms with Gasteiger partial charge >= 0.3 is 0 Å². The van der Waals surface area contributed by atoms with E-state index in [1.165, 1.54) is 22.6 Å². The van der Waals surface area contributed by atoms with Gasteiger partial charge in [-0.3, -0.25) is 9.78 Å². The Morgan fingerprint density at radius 3 is 2.62 bits per heavy atom. The molecule has 7 nitrogen and oxygen atoms in total. The summed E-state index contributed by atoms with van der Waals surface area (Å²) in [5, 5.41) is 0. The number of carbonyl (C=O) groups excluding carboxylic acids is 1. The van der Waals surface area contributed by atoms with Gasteiger partial charge in [-0.15, -0.1) is 0 Å². The Bertz CT molecular complexity index is 658. The van der Waals surface area contributed by atoms with Crippen molar-refractivity contribution < 1.29 is 13.2 Å². The molecule has 1 unspecified atom stereocenters. The van der Waals surface area contributed by atoms with Crippen molar-refractivity contribution in [3.05, 3.63) is 24.0 Å². The number of pyridine rings is 1. The van der Waals surface area contributed by atoms with E-state index in [2.05, 4.69) is 4.98 Å². The molecule has 21 heavy (non-hydrogen) atoms. The number of amides is 1. The van der Waals surface area contributed by atoms with Crippen LogP contribution in [0.5, 0.6) is 0 Å². The molecule has 0 saturated carbocycles. The Balaban J connectivity index is 2.24. The van der Waals surface area contributed by atoms with E-state index in [4.69, 9.17) is 23.7 Å². The molecule has 0 spiro atoms. The van der Waals surface area contributed by atoms with Crippen molar-refractivity contribution in [3.63, 3.8) is 0 Å². The zero-order chi connectivity index (χ0) is 15.6. The summed E-state index contributed by atoms with van der Waals surface area (Å²) in [6, 6.07) is 2.87. The third-order valence-corrected chi connectivity index (χ3v) is 5.47. The molecule has 1 fully saturated rings. The highest BCUT2D eigenvalue weighted by molar-refractivity contribution is 7.89. The van der Waals surface area contributed by atoms with Gasteiger partial charge in [-0.25, -0.2) is 8.42 Å². The molecule has 1 aliphatic rings. The lowest BCUT2D eigenvalue weighted by Gasteiger charge is -2.30. The molecule has 1 aromatic rings. The van der Waals surface area contributed by atoms with Gasteiger partial charge in [0.2, 0.25) is 15.9 Å². The first-order valence-corrected chi connectivity index (χ1v) is 8.22. The zero-order valence-corrected chi connectivity index (χ0v) is 12.9. The largest absolute Gasteiger partial charge is 0.388 e. The number of piperidine rings is 1. The van der Waals surface area contributed by atoms with Crippen LogP contribution in [0.15, 0.2) is 23.2 Å². The van der Waals surface area contributed by atoms with Crippen LogP contribution in [-0.4, -0.2) is 41.7 Å². The number of sulfonamides is 1. The number of aromatic nitrogens is 1. The molecule has 0 aromatic carbocycles. The first kappa shape index (κ1) is 15.8. The van der Waals surface area contributed by atoms with E-state index in [1.807, 2.05) is 0 Å². The maximum atomic E-state index is 12.5. The molecule has 4 N–H and O–H groups in total. The molecule has 0 bridgehead atoms. The normalized spacial score (nSPS) is 20.1. The van der Waals surface area contributed by atoms with Crippen molar-refractivity contribution >= 4 is 33.1 Å². The van der Waals surface area contributed by atoms with Crippen molar-refractivity contribution in [2.45, 2.75) is 17.7 Å². The van der Waals surface area contributed by atoms with E-state index < -0.39 is 21.8 Å². The minimum absolute atomic E-state index is 0.0487. The highest BCUT2D eigenvalue weighted by Crippen LogP contribution is 2.23. The molecule has 1 aromatic heterocycles. The summed E-state index contributed by atoms with van der Waals surface area (Å²) >= 11 is 4.77. The van der Waals surface area contributed by atoms with Crippen molar-refractivity contribution in [3.8, 4) is 0 Å². The minimum atomic E-state index is -3.69. The summed E-state index contributed by atoms with van der Waals surface area (Å²) in [7, 11) is -3.69. The average Bonchev–Trinajstić information content (AvgIpc) is 2.47. The molecule has 0 radical (unpaired) electrons. The van der Waals surface area contributed by atoms with Gasteiger partial charge in [-0.1, -0.05) is 12.2 Å². The van der Waals surface area contributed by atoms with E-state index in [0.29, 0.717) is 25.1 Å². The van der Waals surface area contributed by atoms with E-state index in [9.17, 15) is 13.2 Å². The number of primary amides is 1. The van der Waals surface area contributed by atoms with E-state index in [0.717, 1.165) is 0 Å². The third-order valence-electron chi connectivity index (χ3n) is 3.41. The number of nitrogens with two attached hydrogens (primary N) is 2. The molecular weight excluding hydrogens is 312 g/mol. The van der Waals surface area contributed by atoms with Crippen LogP contribution in [0.25, 0.3) is 0 Å². The van der Waals surface area contributed by atoms with E-state index in [-0.39, 0.29) is 16.4 Å². The molecule has 9 heteroatoms. The van der Waals surface area contributed by atoms with Crippen LogP contribution in [0, 0.1) is 5.92 Å². The molecule has 0 aliphatic carbocycles. The van der Waals surface area contributed by atoms with E-state index in [1.54, 1.807) is 0 Å². The Kier molecular flexibility index (Phi) is 4.55. The summed E-state index contributed by atoms with van der Waals surface area (Å²) in [6.07, 6.45) is 2.43. The number of rotatable bonds is 4. The summed E-state index contributed by atoms with van der Waals surface area (Å²) in [4.78, 5) is 15.3. The second-order valence-electron chi connectivity index (χ2n) is 4.85. The van der Waals surface area contributed by atoms with Crippen LogP contribution in [0.3, 0.4) is 0 Å². The topological polar surface area (TPSA) is 119 Å². The van der Waals surface area contributed by atoms with Gasteiger partial charge in [0, 0.05) is 19.3 Å². The molecule has 2 heterocycles. The van der Waals surface area contributed by atoms with Crippen LogP contribution in [0.4, 0.5) is 0 Å².